The lowest BCUT2D eigenvalue weighted by Crippen LogP contribution is -2.28. The zero-order valence-electron chi connectivity index (χ0n) is 15.0. The minimum Gasteiger partial charge on any atom is -0.434 e. The van der Waals surface area contributed by atoms with Crippen molar-refractivity contribution in [1.82, 2.24) is 0 Å². The third-order valence-corrected chi connectivity index (χ3v) is 5.93. The molecule has 2 heteroatoms. The molecule has 0 aliphatic heterocycles. The van der Waals surface area contributed by atoms with Gasteiger partial charge in [-0.25, -0.2) is 0 Å². The molecule has 0 unspecified atom stereocenters. The van der Waals surface area contributed by atoms with Crippen molar-refractivity contribution in [1.29, 1.82) is 0 Å². The van der Waals surface area contributed by atoms with E-state index in [0.717, 1.165) is 30.6 Å². The Morgan fingerprint density at radius 2 is 1.57 bits per heavy atom. The van der Waals surface area contributed by atoms with Gasteiger partial charge in [-0.05, 0) is 69.3 Å². The van der Waals surface area contributed by atoms with Gasteiger partial charge in [0.15, 0.2) is 0 Å². The van der Waals surface area contributed by atoms with Crippen molar-refractivity contribution in [3.63, 3.8) is 0 Å². The van der Waals surface area contributed by atoms with E-state index < -0.39 is 0 Å². The number of rotatable bonds is 6. The van der Waals surface area contributed by atoms with Crippen LogP contribution in [0.5, 0.6) is 0 Å². The molecule has 2 fully saturated rings. The summed E-state index contributed by atoms with van der Waals surface area (Å²) in [7, 11) is 0. The van der Waals surface area contributed by atoms with Crippen molar-refractivity contribution in [2.75, 3.05) is 0 Å². The van der Waals surface area contributed by atoms with Crippen LogP contribution in [0.1, 0.15) is 78.1 Å². The number of carbonyl (C=O) groups excluding carboxylic acids is 1. The molecule has 2 rings (SSSR count). The number of allylic oxidation sites excluding steroid dienone is 3. The van der Waals surface area contributed by atoms with Gasteiger partial charge in [0.25, 0.3) is 0 Å². The summed E-state index contributed by atoms with van der Waals surface area (Å²) >= 11 is 0. The second-order valence-corrected chi connectivity index (χ2v) is 7.47. The molecule has 0 aromatic heterocycles. The Bertz CT molecular complexity index is 394. The standard InChI is InChI=1S/C21H34O2/c1-3-5-6-16-23-21(22)20-14-12-19(13-15-20)18-10-8-17(7-4-2)9-11-18/h3,5-6,16-20H,4,7-15H2,1-2H3/b5-3+,16-6?/t17-,18-,19-,20-. The van der Waals surface area contributed by atoms with Gasteiger partial charge in [-0.3, -0.25) is 4.79 Å². The Morgan fingerprint density at radius 3 is 2.13 bits per heavy atom. The van der Waals surface area contributed by atoms with Crippen LogP contribution in [-0.4, -0.2) is 5.97 Å². The Kier molecular flexibility index (Phi) is 7.91. The molecule has 130 valence electrons. The molecule has 0 heterocycles. The molecule has 2 aliphatic carbocycles. The molecular formula is C21H34O2. The molecular weight excluding hydrogens is 284 g/mol. The first-order valence-corrected chi connectivity index (χ1v) is 9.72. The molecule has 0 amide bonds. The third kappa shape index (κ3) is 5.82. The molecule has 0 bridgehead atoms. The summed E-state index contributed by atoms with van der Waals surface area (Å²) in [5.41, 5.74) is 0. The first kappa shape index (κ1) is 18.3. The highest BCUT2D eigenvalue weighted by molar-refractivity contribution is 5.73. The van der Waals surface area contributed by atoms with Gasteiger partial charge in [0.2, 0.25) is 0 Å². The van der Waals surface area contributed by atoms with Crippen LogP contribution < -0.4 is 0 Å². The van der Waals surface area contributed by atoms with Crippen LogP contribution in [0.15, 0.2) is 24.5 Å². The summed E-state index contributed by atoms with van der Waals surface area (Å²) in [6, 6.07) is 0. The number of ether oxygens (including phenoxy) is 1. The molecule has 2 aliphatic rings. The van der Waals surface area contributed by atoms with E-state index >= 15 is 0 Å². The Hall–Kier alpha value is -1.05. The number of carbonyl (C=O) groups is 1. The summed E-state index contributed by atoms with van der Waals surface area (Å²) in [6.07, 6.45) is 20.1. The highest BCUT2D eigenvalue weighted by Gasteiger charge is 2.33. The zero-order valence-corrected chi connectivity index (χ0v) is 15.0. The summed E-state index contributed by atoms with van der Waals surface area (Å²) < 4.78 is 5.23. The van der Waals surface area contributed by atoms with Crippen molar-refractivity contribution in [3.8, 4) is 0 Å². The molecule has 0 aromatic carbocycles. The van der Waals surface area contributed by atoms with Crippen LogP contribution >= 0.6 is 0 Å². The van der Waals surface area contributed by atoms with Crippen molar-refractivity contribution < 1.29 is 9.53 Å². The topological polar surface area (TPSA) is 26.3 Å². The Balaban J connectivity index is 1.69. The molecule has 0 N–H and O–H groups in total. The van der Waals surface area contributed by atoms with E-state index in [1.54, 1.807) is 6.08 Å². The van der Waals surface area contributed by atoms with E-state index in [1.165, 1.54) is 57.6 Å². The average molecular weight is 319 g/mol. The first-order chi connectivity index (χ1) is 11.2. The number of esters is 1. The molecule has 2 nitrogen and oxygen atoms in total. The predicted molar refractivity (Wildman–Crippen MR) is 95.9 cm³/mol. The fourth-order valence-electron chi connectivity index (χ4n) is 4.54. The molecule has 0 radical (unpaired) electrons. The number of hydrogen-bond donors (Lipinski definition) is 0. The maximum atomic E-state index is 12.1. The maximum Gasteiger partial charge on any atom is 0.313 e. The van der Waals surface area contributed by atoms with E-state index in [-0.39, 0.29) is 11.9 Å². The molecule has 0 aromatic rings. The lowest BCUT2D eigenvalue weighted by molar-refractivity contribution is -0.144. The van der Waals surface area contributed by atoms with E-state index in [2.05, 4.69) is 6.92 Å². The number of hydrogen-bond acceptors (Lipinski definition) is 2. The van der Waals surface area contributed by atoms with Gasteiger partial charge in [0.1, 0.15) is 0 Å². The summed E-state index contributed by atoms with van der Waals surface area (Å²) in [5, 5.41) is 0. The zero-order chi connectivity index (χ0) is 16.5. The second-order valence-electron chi connectivity index (χ2n) is 7.47. The fraction of sp³-hybridized carbons (Fsp3) is 0.762. The molecule has 0 spiro atoms. The highest BCUT2D eigenvalue weighted by Crippen LogP contribution is 2.42. The van der Waals surface area contributed by atoms with E-state index in [4.69, 9.17) is 4.74 Å². The summed E-state index contributed by atoms with van der Waals surface area (Å²) in [6.45, 7) is 4.25. The molecule has 0 saturated heterocycles. The Morgan fingerprint density at radius 1 is 0.957 bits per heavy atom. The minimum atomic E-state index is -0.0316. The largest absolute Gasteiger partial charge is 0.434 e. The van der Waals surface area contributed by atoms with Crippen LogP contribution in [0.4, 0.5) is 0 Å². The monoisotopic (exact) mass is 318 g/mol. The van der Waals surface area contributed by atoms with Crippen molar-refractivity contribution in [2.45, 2.75) is 78.1 Å². The normalized spacial score (nSPS) is 32.4. The van der Waals surface area contributed by atoms with Crippen molar-refractivity contribution in [3.05, 3.63) is 24.5 Å². The van der Waals surface area contributed by atoms with E-state index in [1.807, 2.05) is 19.1 Å². The first-order valence-electron chi connectivity index (χ1n) is 9.72. The quantitative estimate of drug-likeness (QED) is 0.339. The Labute approximate surface area is 142 Å². The lowest BCUT2D eigenvalue weighted by Gasteiger charge is -2.37. The van der Waals surface area contributed by atoms with Gasteiger partial charge in [0.05, 0.1) is 12.2 Å². The molecule has 23 heavy (non-hydrogen) atoms. The van der Waals surface area contributed by atoms with Crippen molar-refractivity contribution >= 4 is 5.97 Å². The average Bonchev–Trinajstić information content (AvgIpc) is 2.60. The predicted octanol–water partition coefficient (Wildman–Crippen LogP) is 6.03. The fourth-order valence-corrected chi connectivity index (χ4v) is 4.54. The minimum absolute atomic E-state index is 0.0316. The summed E-state index contributed by atoms with van der Waals surface area (Å²) in [4.78, 5) is 12.1. The van der Waals surface area contributed by atoms with Crippen LogP contribution in [0.2, 0.25) is 0 Å². The summed E-state index contributed by atoms with van der Waals surface area (Å²) in [5.74, 6) is 2.87. The second kappa shape index (κ2) is 9.95. The van der Waals surface area contributed by atoms with E-state index in [0.29, 0.717) is 0 Å². The van der Waals surface area contributed by atoms with Gasteiger partial charge in [-0.2, -0.15) is 0 Å². The van der Waals surface area contributed by atoms with Crippen LogP contribution in [0.25, 0.3) is 0 Å². The third-order valence-electron chi connectivity index (χ3n) is 5.93. The molecule has 0 atom stereocenters. The van der Waals surface area contributed by atoms with Gasteiger partial charge in [-0.15, -0.1) is 0 Å². The maximum absolute atomic E-state index is 12.1. The van der Waals surface area contributed by atoms with Gasteiger partial charge < -0.3 is 4.74 Å². The highest BCUT2D eigenvalue weighted by atomic mass is 16.5. The lowest BCUT2D eigenvalue weighted by atomic mass is 9.69. The van der Waals surface area contributed by atoms with Crippen LogP contribution in [0, 0.1) is 23.7 Å². The smallest absolute Gasteiger partial charge is 0.313 e. The van der Waals surface area contributed by atoms with Gasteiger partial charge in [-0.1, -0.05) is 44.8 Å². The van der Waals surface area contributed by atoms with Crippen LogP contribution in [0.3, 0.4) is 0 Å². The van der Waals surface area contributed by atoms with Crippen LogP contribution in [-0.2, 0) is 9.53 Å². The van der Waals surface area contributed by atoms with Crippen molar-refractivity contribution in [2.24, 2.45) is 23.7 Å². The molecule has 2 saturated carbocycles. The van der Waals surface area contributed by atoms with Gasteiger partial charge in [0, 0.05) is 0 Å². The van der Waals surface area contributed by atoms with Gasteiger partial charge >= 0.3 is 5.97 Å². The van der Waals surface area contributed by atoms with E-state index in [9.17, 15) is 4.79 Å². The SMILES string of the molecule is C/C=C/C=COC(=O)[C@H]1CC[C@H]([C@H]2CC[C@H](CCC)CC2)CC1.